The molecule has 0 amide bonds. The molecule has 0 atom stereocenters. The van der Waals surface area contributed by atoms with Crippen molar-refractivity contribution in [1.82, 2.24) is 20.1 Å². The number of aryl methyl sites for hydroxylation is 1. The molecule has 0 aliphatic heterocycles. The Morgan fingerprint density at radius 2 is 2.15 bits per heavy atom. The summed E-state index contributed by atoms with van der Waals surface area (Å²) >= 11 is 0. The molecule has 0 fully saturated rings. The normalized spacial score (nSPS) is 11.1. The maximum atomic E-state index is 4.44. The molecule has 2 aromatic rings. The second-order valence-corrected chi connectivity index (χ2v) is 5.44. The number of anilines is 1. The first-order chi connectivity index (χ1) is 9.54. The van der Waals surface area contributed by atoms with E-state index in [0.29, 0.717) is 6.04 Å². The van der Waals surface area contributed by atoms with Gasteiger partial charge in [-0.05, 0) is 17.7 Å². The van der Waals surface area contributed by atoms with Gasteiger partial charge in [0.1, 0.15) is 5.82 Å². The molecule has 5 nitrogen and oxygen atoms in total. The molecule has 0 aliphatic rings. The molecule has 20 heavy (non-hydrogen) atoms. The van der Waals surface area contributed by atoms with Gasteiger partial charge in [0.15, 0.2) is 0 Å². The van der Waals surface area contributed by atoms with Gasteiger partial charge in [-0.2, -0.15) is 5.10 Å². The minimum absolute atomic E-state index is 0.486. The Hall–Kier alpha value is -1.88. The summed E-state index contributed by atoms with van der Waals surface area (Å²) in [6.45, 7) is 5.98. The molecule has 0 aliphatic carbocycles. The van der Waals surface area contributed by atoms with E-state index in [2.05, 4.69) is 53.3 Å². The van der Waals surface area contributed by atoms with Crippen molar-refractivity contribution in [2.24, 2.45) is 7.05 Å². The van der Waals surface area contributed by atoms with Gasteiger partial charge in [-0.15, -0.1) is 0 Å². The zero-order valence-corrected chi connectivity index (χ0v) is 12.7. The number of pyridine rings is 1. The van der Waals surface area contributed by atoms with Crippen LogP contribution in [0.2, 0.25) is 0 Å². The van der Waals surface area contributed by atoms with Crippen molar-refractivity contribution in [2.75, 3.05) is 11.9 Å². The zero-order valence-electron chi connectivity index (χ0n) is 12.7. The number of hydrogen-bond donors (Lipinski definition) is 1. The van der Waals surface area contributed by atoms with Crippen LogP contribution in [0, 0.1) is 0 Å². The monoisotopic (exact) mass is 273 g/mol. The van der Waals surface area contributed by atoms with Crippen molar-refractivity contribution >= 4 is 5.82 Å². The lowest BCUT2D eigenvalue weighted by atomic mass is 10.2. The first-order valence-corrected chi connectivity index (χ1v) is 6.91. The second-order valence-electron chi connectivity index (χ2n) is 5.44. The average Bonchev–Trinajstić information content (AvgIpc) is 2.82. The van der Waals surface area contributed by atoms with E-state index >= 15 is 0 Å². The Labute approximate surface area is 120 Å². The molecular weight excluding hydrogens is 250 g/mol. The van der Waals surface area contributed by atoms with Crippen LogP contribution in [0.25, 0.3) is 0 Å². The Morgan fingerprint density at radius 1 is 1.35 bits per heavy atom. The van der Waals surface area contributed by atoms with E-state index in [9.17, 15) is 0 Å². The van der Waals surface area contributed by atoms with Gasteiger partial charge >= 0.3 is 0 Å². The first-order valence-electron chi connectivity index (χ1n) is 6.91. The smallest absolute Gasteiger partial charge is 0.128 e. The fraction of sp³-hybridized carbons (Fsp3) is 0.467. The maximum Gasteiger partial charge on any atom is 0.128 e. The van der Waals surface area contributed by atoms with Gasteiger partial charge in [-0.1, -0.05) is 13.8 Å². The quantitative estimate of drug-likeness (QED) is 0.874. The van der Waals surface area contributed by atoms with Gasteiger partial charge in [-0.25, -0.2) is 4.98 Å². The maximum absolute atomic E-state index is 4.44. The SMILES string of the molecule is CC(C)NCc1ccnc(N(C)Cc2cnn(C)c2)c1. The minimum Gasteiger partial charge on any atom is -0.355 e. The zero-order chi connectivity index (χ0) is 14.5. The van der Waals surface area contributed by atoms with Crippen LogP contribution in [0.3, 0.4) is 0 Å². The molecular formula is C15H23N5. The molecule has 0 saturated heterocycles. The molecule has 0 aromatic carbocycles. The number of nitrogens with zero attached hydrogens (tertiary/aromatic N) is 4. The highest BCUT2D eigenvalue weighted by Crippen LogP contribution is 2.14. The predicted octanol–water partition coefficient (Wildman–Crippen LogP) is 1.95. The molecule has 0 unspecified atom stereocenters. The summed E-state index contributed by atoms with van der Waals surface area (Å²) in [5, 5.41) is 7.61. The van der Waals surface area contributed by atoms with Crippen molar-refractivity contribution in [3.05, 3.63) is 41.9 Å². The molecule has 0 spiro atoms. The number of aromatic nitrogens is 3. The van der Waals surface area contributed by atoms with Crippen LogP contribution in [0.4, 0.5) is 5.82 Å². The number of nitrogens with one attached hydrogen (secondary N) is 1. The van der Waals surface area contributed by atoms with E-state index in [4.69, 9.17) is 0 Å². The molecule has 2 aromatic heterocycles. The Bertz CT molecular complexity index is 547. The van der Waals surface area contributed by atoms with Gasteiger partial charge < -0.3 is 10.2 Å². The van der Waals surface area contributed by atoms with Crippen molar-refractivity contribution < 1.29 is 0 Å². The third kappa shape index (κ3) is 4.06. The Morgan fingerprint density at radius 3 is 2.80 bits per heavy atom. The standard InChI is InChI=1S/C15H23N5/c1-12(2)17-8-13-5-6-16-15(7-13)19(3)10-14-9-18-20(4)11-14/h5-7,9,11-12,17H,8,10H2,1-4H3. The van der Waals surface area contributed by atoms with Crippen molar-refractivity contribution in [3.63, 3.8) is 0 Å². The van der Waals surface area contributed by atoms with Crippen LogP contribution < -0.4 is 10.2 Å². The molecule has 108 valence electrons. The number of hydrogen-bond acceptors (Lipinski definition) is 4. The van der Waals surface area contributed by atoms with Crippen LogP contribution in [-0.2, 0) is 20.1 Å². The predicted molar refractivity (Wildman–Crippen MR) is 81.5 cm³/mol. The van der Waals surface area contributed by atoms with E-state index < -0.39 is 0 Å². The summed E-state index contributed by atoms with van der Waals surface area (Å²) in [6.07, 6.45) is 5.79. The van der Waals surface area contributed by atoms with E-state index in [0.717, 1.165) is 18.9 Å². The largest absolute Gasteiger partial charge is 0.355 e. The molecule has 0 bridgehead atoms. The Balaban J connectivity index is 2.02. The van der Waals surface area contributed by atoms with Crippen molar-refractivity contribution in [1.29, 1.82) is 0 Å². The highest BCUT2D eigenvalue weighted by Gasteiger charge is 2.06. The lowest BCUT2D eigenvalue weighted by molar-refractivity contribution is 0.588. The van der Waals surface area contributed by atoms with Gasteiger partial charge in [0.2, 0.25) is 0 Å². The summed E-state index contributed by atoms with van der Waals surface area (Å²) in [6, 6.07) is 4.67. The van der Waals surface area contributed by atoms with Crippen molar-refractivity contribution in [3.8, 4) is 0 Å². The van der Waals surface area contributed by atoms with Crippen LogP contribution in [0.1, 0.15) is 25.0 Å². The van der Waals surface area contributed by atoms with Crippen molar-refractivity contribution in [2.45, 2.75) is 33.0 Å². The lowest BCUT2D eigenvalue weighted by Gasteiger charge is -2.18. The van der Waals surface area contributed by atoms with E-state index in [-0.39, 0.29) is 0 Å². The highest BCUT2D eigenvalue weighted by atomic mass is 15.2. The van der Waals surface area contributed by atoms with Gasteiger partial charge in [0.05, 0.1) is 6.20 Å². The molecule has 1 N–H and O–H groups in total. The van der Waals surface area contributed by atoms with Gasteiger partial charge in [-0.3, -0.25) is 4.68 Å². The summed E-state index contributed by atoms with van der Waals surface area (Å²) < 4.78 is 1.82. The van der Waals surface area contributed by atoms with E-state index in [1.807, 2.05) is 30.3 Å². The molecule has 2 heterocycles. The number of rotatable bonds is 6. The first kappa shape index (κ1) is 14.5. The highest BCUT2D eigenvalue weighted by molar-refractivity contribution is 5.40. The summed E-state index contributed by atoms with van der Waals surface area (Å²) in [5.41, 5.74) is 2.43. The minimum atomic E-state index is 0.486. The van der Waals surface area contributed by atoms with E-state index in [1.54, 1.807) is 0 Å². The molecule has 5 heteroatoms. The fourth-order valence-corrected chi connectivity index (χ4v) is 2.01. The Kier molecular flexibility index (Phi) is 4.74. The topological polar surface area (TPSA) is 46.0 Å². The molecule has 0 saturated carbocycles. The summed E-state index contributed by atoms with van der Waals surface area (Å²) in [7, 11) is 3.98. The van der Waals surface area contributed by atoms with Crippen LogP contribution in [0.15, 0.2) is 30.7 Å². The third-order valence-corrected chi connectivity index (χ3v) is 3.09. The summed E-state index contributed by atoms with van der Waals surface area (Å²) in [5.74, 6) is 0.983. The summed E-state index contributed by atoms with van der Waals surface area (Å²) in [4.78, 5) is 6.58. The van der Waals surface area contributed by atoms with Crippen LogP contribution in [0.5, 0.6) is 0 Å². The van der Waals surface area contributed by atoms with Gasteiger partial charge in [0, 0.05) is 51.2 Å². The third-order valence-electron chi connectivity index (χ3n) is 3.09. The van der Waals surface area contributed by atoms with Gasteiger partial charge in [0.25, 0.3) is 0 Å². The second kappa shape index (κ2) is 6.52. The molecule has 2 rings (SSSR count). The fourth-order valence-electron chi connectivity index (χ4n) is 2.01. The lowest BCUT2D eigenvalue weighted by Crippen LogP contribution is -2.22. The van der Waals surface area contributed by atoms with Crippen LogP contribution >= 0.6 is 0 Å². The van der Waals surface area contributed by atoms with E-state index in [1.165, 1.54) is 11.1 Å². The molecule has 0 radical (unpaired) electrons. The average molecular weight is 273 g/mol. The van der Waals surface area contributed by atoms with Crippen LogP contribution in [-0.4, -0.2) is 27.9 Å².